The van der Waals surface area contributed by atoms with E-state index < -0.39 is 0 Å². The summed E-state index contributed by atoms with van der Waals surface area (Å²) in [7, 11) is 0. The van der Waals surface area contributed by atoms with Gasteiger partial charge >= 0.3 is 0 Å². The van der Waals surface area contributed by atoms with Crippen LogP contribution in [-0.2, 0) is 17.9 Å². The van der Waals surface area contributed by atoms with E-state index in [0.29, 0.717) is 13.1 Å². The number of hydrogen-bond acceptors (Lipinski definition) is 3. The van der Waals surface area contributed by atoms with E-state index in [4.69, 9.17) is 0 Å². The van der Waals surface area contributed by atoms with Crippen LogP contribution in [0, 0.1) is 0 Å². The van der Waals surface area contributed by atoms with Gasteiger partial charge in [-0.25, -0.2) is 0 Å². The Balaban J connectivity index is 1.49. The van der Waals surface area contributed by atoms with Crippen molar-refractivity contribution in [3.63, 3.8) is 0 Å². The molecular formula is C22H20N2O2S. The predicted molar refractivity (Wildman–Crippen MR) is 106 cm³/mol. The molecule has 2 aromatic carbocycles. The zero-order chi connectivity index (χ0) is 18.6. The SMILES string of the molecule is O=C(C[C@H](c1cccs1)N1Cc2ccccc2C1=O)NCc1ccccc1. The number of benzene rings is 2. The molecule has 1 aromatic heterocycles. The average molecular weight is 376 g/mol. The van der Waals surface area contributed by atoms with Crippen molar-refractivity contribution in [3.05, 3.63) is 93.7 Å². The zero-order valence-corrected chi connectivity index (χ0v) is 15.6. The van der Waals surface area contributed by atoms with Gasteiger partial charge in [0.2, 0.25) is 5.91 Å². The molecule has 0 fully saturated rings. The molecule has 136 valence electrons. The smallest absolute Gasteiger partial charge is 0.255 e. The van der Waals surface area contributed by atoms with Gasteiger partial charge in [0, 0.05) is 23.5 Å². The van der Waals surface area contributed by atoms with Crippen LogP contribution in [0.25, 0.3) is 0 Å². The van der Waals surface area contributed by atoms with Crippen LogP contribution in [0.15, 0.2) is 72.1 Å². The summed E-state index contributed by atoms with van der Waals surface area (Å²) in [6.45, 7) is 1.04. The minimum absolute atomic E-state index is 0.000130. The van der Waals surface area contributed by atoms with Crippen molar-refractivity contribution in [3.8, 4) is 0 Å². The van der Waals surface area contributed by atoms with E-state index >= 15 is 0 Å². The van der Waals surface area contributed by atoms with E-state index in [1.54, 1.807) is 11.3 Å². The summed E-state index contributed by atoms with van der Waals surface area (Å²) in [5.41, 5.74) is 2.82. The highest BCUT2D eigenvalue weighted by atomic mass is 32.1. The number of carbonyl (C=O) groups excluding carboxylic acids is 2. The fourth-order valence-corrected chi connectivity index (χ4v) is 4.26. The van der Waals surface area contributed by atoms with Gasteiger partial charge in [0.15, 0.2) is 0 Å². The fraction of sp³-hybridized carbons (Fsp3) is 0.182. The molecule has 0 bridgehead atoms. The quantitative estimate of drug-likeness (QED) is 0.702. The van der Waals surface area contributed by atoms with Crippen LogP contribution >= 0.6 is 11.3 Å². The molecule has 0 spiro atoms. The van der Waals surface area contributed by atoms with Crippen LogP contribution < -0.4 is 5.32 Å². The molecule has 2 heterocycles. The summed E-state index contributed by atoms with van der Waals surface area (Å²) in [5.74, 6) is -0.0548. The Morgan fingerprint density at radius 1 is 1.04 bits per heavy atom. The van der Waals surface area contributed by atoms with Crippen molar-refractivity contribution >= 4 is 23.2 Å². The third-order valence-electron chi connectivity index (χ3n) is 4.81. The maximum atomic E-state index is 12.9. The lowest BCUT2D eigenvalue weighted by Crippen LogP contribution is -2.33. The van der Waals surface area contributed by atoms with E-state index in [2.05, 4.69) is 5.32 Å². The van der Waals surface area contributed by atoms with Crippen LogP contribution in [-0.4, -0.2) is 16.7 Å². The van der Waals surface area contributed by atoms with Gasteiger partial charge in [-0.1, -0.05) is 54.6 Å². The van der Waals surface area contributed by atoms with Crippen LogP contribution in [0.3, 0.4) is 0 Å². The molecule has 1 atom stereocenters. The molecule has 1 aliphatic heterocycles. The molecule has 4 rings (SSSR count). The second kappa shape index (κ2) is 7.76. The Bertz CT molecular complexity index is 938. The minimum atomic E-state index is -0.249. The van der Waals surface area contributed by atoms with Crippen LogP contribution in [0.1, 0.15) is 38.8 Å². The number of hydrogen-bond donors (Lipinski definition) is 1. The Kier molecular flexibility index (Phi) is 5.03. The minimum Gasteiger partial charge on any atom is -0.352 e. The topological polar surface area (TPSA) is 49.4 Å². The first-order chi connectivity index (χ1) is 13.2. The Labute approximate surface area is 162 Å². The van der Waals surface area contributed by atoms with Gasteiger partial charge in [-0.15, -0.1) is 11.3 Å². The first-order valence-corrected chi connectivity index (χ1v) is 9.83. The molecule has 5 heteroatoms. The lowest BCUT2D eigenvalue weighted by atomic mass is 10.1. The van der Waals surface area contributed by atoms with Gasteiger partial charge in [-0.3, -0.25) is 9.59 Å². The molecule has 0 unspecified atom stereocenters. The van der Waals surface area contributed by atoms with Gasteiger partial charge in [0.1, 0.15) is 0 Å². The number of fused-ring (bicyclic) bond motifs is 1. The summed E-state index contributed by atoms with van der Waals surface area (Å²) in [5, 5.41) is 4.96. The highest BCUT2D eigenvalue weighted by molar-refractivity contribution is 7.10. The summed E-state index contributed by atoms with van der Waals surface area (Å²) in [6, 6.07) is 21.2. The van der Waals surface area contributed by atoms with E-state index in [1.807, 2.05) is 77.0 Å². The lowest BCUT2D eigenvalue weighted by Gasteiger charge is -2.26. The monoisotopic (exact) mass is 376 g/mol. The summed E-state index contributed by atoms with van der Waals surface area (Å²) >= 11 is 1.58. The molecule has 1 aliphatic rings. The highest BCUT2D eigenvalue weighted by Gasteiger charge is 2.34. The van der Waals surface area contributed by atoms with Crippen LogP contribution in [0.2, 0.25) is 0 Å². The first kappa shape index (κ1) is 17.5. The number of nitrogens with one attached hydrogen (secondary N) is 1. The van der Waals surface area contributed by atoms with Crippen molar-refractivity contribution < 1.29 is 9.59 Å². The standard InChI is InChI=1S/C22H20N2O2S/c25-21(23-14-16-7-2-1-3-8-16)13-19(20-11-6-12-27-20)24-15-17-9-4-5-10-18(17)22(24)26/h1-12,19H,13-15H2,(H,23,25)/t19-/m1/s1. The fourth-order valence-electron chi connectivity index (χ4n) is 3.42. The second-order valence-electron chi connectivity index (χ2n) is 6.59. The highest BCUT2D eigenvalue weighted by Crippen LogP contribution is 2.35. The second-order valence-corrected chi connectivity index (χ2v) is 7.57. The number of carbonyl (C=O) groups is 2. The van der Waals surface area contributed by atoms with Crippen molar-refractivity contribution in [1.29, 1.82) is 0 Å². The number of thiophene rings is 1. The average Bonchev–Trinajstić information content (AvgIpc) is 3.34. The normalized spacial score (nSPS) is 14.1. The Morgan fingerprint density at radius 2 is 1.81 bits per heavy atom. The number of nitrogens with zero attached hydrogens (tertiary/aromatic N) is 1. The Morgan fingerprint density at radius 3 is 2.56 bits per heavy atom. The molecule has 1 N–H and O–H groups in total. The summed E-state index contributed by atoms with van der Waals surface area (Å²) < 4.78 is 0. The van der Waals surface area contributed by atoms with Gasteiger partial charge in [0.05, 0.1) is 12.5 Å². The van der Waals surface area contributed by atoms with Crippen LogP contribution in [0.5, 0.6) is 0 Å². The third-order valence-corrected chi connectivity index (χ3v) is 5.78. The van der Waals surface area contributed by atoms with E-state index in [0.717, 1.165) is 21.6 Å². The number of amides is 2. The van der Waals surface area contributed by atoms with Crippen molar-refractivity contribution in [2.24, 2.45) is 0 Å². The van der Waals surface area contributed by atoms with Gasteiger partial charge in [-0.2, -0.15) is 0 Å². The van der Waals surface area contributed by atoms with E-state index in [9.17, 15) is 9.59 Å². The molecule has 4 nitrogen and oxygen atoms in total. The molecule has 0 aliphatic carbocycles. The van der Waals surface area contributed by atoms with Gasteiger partial charge in [0.25, 0.3) is 5.91 Å². The molecule has 0 radical (unpaired) electrons. The summed E-state index contributed by atoms with van der Waals surface area (Å²) in [4.78, 5) is 28.4. The zero-order valence-electron chi connectivity index (χ0n) is 14.8. The molecule has 27 heavy (non-hydrogen) atoms. The molecule has 0 saturated carbocycles. The first-order valence-electron chi connectivity index (χ1n) is 8.95. The van der Waals surface area contributed by atoms with Gasteiger partial charge in [-0.05, 0) is 28.6 Å². The molecule has 3 aromatic rings. The van der Waals surface area contributed by atoms with E-state index in [-0.39, 0.29) is 24.3 Å². The van der Waals surface area contributed by atoms with E-state index in [1.165, 1.54) is 0 Å². The molecule has 0 saturated heterocycles. The number of rotatable bonds is 6. The molecule has 2 amide bonds. The van der Waals surface area contributed by atoms with Crippen molar-refractivity contribution in [1.82, 2.24) is 10.2 Å². The van der Waals surface area contributed by atoms with Crippen molar-refractivity contribution in [2.75, 3.05) is 0 Å². The Hall–Kier alpha value is -2.92. The largest absolute Gasteiger partial charge is 0.352 e. The lowest BCUT2D eigenvalue weighted by molar-refractivity contribution is -0.122. The third kappa shape index (κ3) is 3.78. The van der Waals surface area contributed by atoms with Crippen LogP contribution in [0.4, 0.5) is 0 Å². The summed E-state index contributed by atoms with van der Waals surface area (Å²) in [6.07, 6.45) is 0.257. The maximum absolute atomic E-state index is 12.9. The van der Waals surface area contributed by atoms with Gasteiger partial charge < -0.3 is 10.2 Å². The van der Waals surface area contributed by atoms with Crippen molar-refractivity contribution in [2.45, 2.75) is 25.6 Å². The molecular weight excluding hydrogens is 356 g/mol. The predicted octanol–water partition coefficient (Wildman–Crippen LogP) is 4.15. The maximum Gasteiger partial charge on any atom is 0.255 e.